The molecule has 4 nitrogen and oxygen atoms in total. The molecule has 0 unspecified atom stereocenters. The van der Waals surface area contributed by atoms with Gasteiger partial charge in [-0.25, -0.2) is 4.98 Å². The van der Waals surface area contributed by atoms with Crippen molar-refractivity contribution in [1.29, 1.82) is 0 Å². The average Bonchev–Trinajstić information content (AvgIpc) is 3.01. The number of hydrogen-bond acceptors (Lipinski definition) is 4. The van der Waals surface area contributed by atoms with Crippen LogP contribution in [-0.2, 0) is 6.54 Å². The second kappa shape index (κ2) is 6.66. The van der Waals surface area contributed by atoms with Crippen LogP contribution in [-0.4, -0.2) is 17.0 Å². The van der Waals surface area contributed by atoms with Gasteiger partial charge in [0.2, 0.25) is 0 Å². The molecule has 2 heterocycles. The summed E-state index contributed by atoms with van der Waals surface area (Å²) in [5.74, 6) is 0.947. The van der Waals surface area contributed by atoms with E-state index in [-0.39, 0.29) is 12.4 Å². The number of imidazole rings is 1. The number of rotatable bonds is 3. The highest BCUT2D eigenvalue weighted by Gasteiger charge is 2.16. The molecule has 2 aromatic carbocycles. The van der Waals surface area contributed by atoms with E-state index in [9.17, 15) is 0 Å². The molecular formula is C17H17ClN4S. The zero-order chi connectivity index (χ0) is 14.9. The molecule has 0 saturated heterocycles. The summed E-state index contributed by atoms with van der Waals surface area (Å²) in [6.45, 7) is 0.742. The van der Waals surface area contributed by atoms with Crippen LogP contribution in [0.2, 0.25) is 0 Å². The molecule has 118 valence electrons. The van der Waals surface area contributed by atoms with Gasteiger partial charge in [-0.3, -0.25) is 0 Å². The summed E-state index contributed by atoms with van der Waals surface area (Å²) in [4.78, 5) is 10.2. The van der Waals surface area contributed by atoms with Gasteiger partial charge in [0.25, 0.3) is 0 Å². The molecule has 0 radical (unpaired) electrons. The number of nitrogens with one attached hydrogen (secondary N) is 3. The highest BCUT2D eigenvalue weighted by atomic mass is 35.5. The minimum absolute atomic E-state index is 0. The molecule has 0 bridgehead atoms. The Bertz CT molecular complexity index is 831. The Kier molecular flexibility index (Phi) is 4.61. The number of aromatic amines is 1. The van der Waals surface area contributed by atoms with Gasteiger partial charge in [-0.05, 0) is 31.3 Å². The topological polar surface area (TPSA) is 52.7 Å². The minimum Gasteiger partial charge on any atom is -0.354 e. The maximum atomic E-state index is 4.39. The Balaban J connectivity index is 0.00000156. The molecule has 0 aliphatic carbocycles. The van der Waals surface area contributed by atoms with Gasteiger partial charge in [0, 0.05) is 15.4 Å². The standard InChI is InChI=1S/C17H16N4S.ClH/c1-18-10-17-19-9-14(21-17)11-6-7-16-13(8-11)20-12-4-2-3-5-15(12)22-16;/h2-9,18,20H,10H2,1H3,(H,19,21);1H. The Morgan fingerprint density at radius 2 is 1.91 bits per heavy atom. The molecule has 0 spiro atoms. The van der Waals surface area contributed by atoms with Crippen molar-refractivity contribution in [3.63, 3.8) is 0 Å². The maximum Gasteiger partial charge on any atom is 0.120 e. The zero-order valence-electron chi connectivity index (χ0n) is 12.6. The lowest BCUT2D eigenvalue weighted by Crippen LogP contribution is -2.06. The van der Waals surface area contributed by atoms with Crippen LogP contribution in [0.4, 0.5) is 11.4 Å². The summed E-state index contributed by atoms with van der Waals surface area (Å²) in [6, 6.07) is 14.9. The van der Waals surface area contributed by atoms with Crippen LogP contribution in [0, 0.1) is 0 Å². The van der Waals surface area contributed by atoms with Crippen molar-refractivity contribution in [3.05, 3.63) is 54.5 Å². The normalized spacial score (nSPS) is 11.9. The molecule has 6 heteroatoms. The molecule has 23 heavy (non-hydrogen) atoms. The van der Waals surface area contributed by atoms with Crippen molar-refractivity contribution in [1.82, 2.24) is 15.3 Å². The SMILES string of the molecule is CNCc1ncc(-c2ccc3c(c2)Nc2ccccc2S3)[nH]1.Cl. The van der Waals surface area contributed by atoms with Gasteiger partial charge in [-0.1, -0.05) is 30.0 Å². The number of halogens is 1. The summed E-state index contributed by atoms with van der Waals surface area (Å²) >= 11 is 1.80. The number of hydrogen-bond donors (Lipinski definition) is 3. The molecule has 3 N–H and O–H groups in total. The Hall–Kier alpha value is -1.95. The fourth-order valence-electron chi connectivity index (χ4n) is 2.57. The molecule has 1 aliphatic rings. The monoisotopic (exact) mass is 344 g/mol. The van der Waals surface area contributed by atoms with E-state index < -0.39 is 0 Å². The van der Waals surface area contributed by atoms with E-state index in [0.29, 0.717) is 0 Å². The predicted molar refractivity (Wildman–Crippen MR) is 97.9 cm³/mol. The van der Waals surface area contributed by atoms with Crippen molar-refractivity contribution < 1.29 is 0 Å². The van der Waals surface area contributed by atoms with Crippen molar-refractivity contribution in [3.8, 4) is 11.3 Å². The third kappa shape index (κ3) is 3.08. The van der Waals surface area contributed by atoms with Gasteiger partial charge in [0.15, 0.2) is 0 Å². The summed E-state index contributed by atoms with van der Waals surface area (Å²) in [7, 11) is 1.92. The number of nitrogens with zero attached hydrogens (tertiary/aromatic N) is 1. The van der Waals surface area contributed by atoms with Gasteiger partial charge in [-0.2, -0.15) is 0 Å². The van der Waals surface area contributed by atoms with E-state index in [0.717, 1.165) is 35.0 Å². The van der Waals surface area contributed by atoms with Gasteiger partial charge in [0.05, 0.1) is 29.8 Å². The van der Waals surface area contributed by atoms with Crippen molar-refractivity contribution in [2.75, 3.05) is 12.4 Å². The van der Waals surface area contributed by atoms with Crippen molar-refractivity contribution in [2.24, 2.45) is 0 Å². The second-order valence-electron chi connectivity index (χ2n) is 5.21. The zero-order valence-corrected chi connectivity index (χ0v) is 14.2. The number of H-pyrrole nitrogens is 1. The first-order valence-corrected chi connectivity index (χ1v) is 8.02. The molecule has 0 amide bonds. The highest BCUT2D eigenvalue weighted by molar-refractivity contribution is 7.99. The molecule has 3 aromatic rings. The Labute approximate surface area is 145 Å². The smallest absolute Gasteiger partial charge is 0.120 e. The molecule has 4 rings (SSSR count). The Morgan fingerprint density at radius 3 is 2.78 bits per heavy atom. The van der Waals surface area contributed by atoms with E-state index in [4.69, 9.17) is 0 Å². The van der Waals surface area contributed by atoms with E-state index in [1.54, 1.807) is 11.8 Å². The van der Waals surface area contributed by atoms with Crippen LogP contribution in [0.1, 0.15) is 5.82 Å². The molecular weight excluding hydrogens is 328 g/mol. The lowest BCUT2D eigenvalue weighted by atomic mass is 10.1. The number of para-hydroxylation sites is 1. The quantitative estimate of drug-likeness (QED) is 0.514. The van der Waals surface area contributed by atoms with Gasteiger partial charge in [0.1, 0.15) is 5.82 Å². The number of anilines is 2. The molecule has 0 saturated carbocycles. The third-order valence-corrected chi connectivity index (χ3v) is 4.79. The number of fused-ring (bicyclic) bond motifs is 2. The van der Waals surface area contributed by atoms with Crippen LogP contribution < -0.4 is 10.6 Å². The van der Waals surface area contributed by atoms with Crippen LogP contribution in [0.5, 0.6) is 0 Å². The van der Waals surface area contributed by atoms with Crippen LogP contribution in [0.15, 0.2) is 58.5 Å². The maximum absolute atomic E-state index is 4.39. The average molecular weight is 345 g/mol. The van der Waals surface area contributed by atoms with Crippen molar-refractivity contribution >= 4 is 35.5 Å². The lowest BCUT2D eigenvalue weighted by Gasteiger charge is -2.21. The van der Waals surface area contributed by atoms with E-state index >= 15 is 0 Å². The summed E-state index contributed by atoms with van der Waals surface area (Å²) in [5, 5.41) is 6.62. The molecule has 1 aromatic heterocycles. The fourth-order valence-corrected chi connectivity index (χ4v) is 3.54. The van der Waals surface area contributed by atoms with E-state index in [2.05, 4.69) is 63.1 Å². The van der Waals surface area contributed by atoms with Gasteiger partial charge < -0.3 is 15.6 Å². The lowest BCUT2D eigenvalue weighted by molar-refractivity contribution is 0.772. The molecule has 1 aliphatic heterocycles. The summed E-state index contributed by atoms with van der Waals surface area (Å²) in [5.41, 5.74) is 4.49. The first-order chi connectivity index (χ1) is 10.8. The summed E-state index contributed by atoms with van der Waals surface area (Å²) in [6.07, 6.45) is 1.89. The number of benzene rings is 2. The predicted octanol–water partition coefficient (Wildman–Crippen LogP) is 4.43. The van der Waals surface area contributed by atoms with Crippen LogP contribution in [0.25, 0.3) is 11.3 Å². The molecule has 0 atom stereocenters. The second-order valence-corrected chi connectivity index (χ2v) is 6.29. The number of aromatic nitrogens is 2. The molecule has 0 fully saturated rings. The van der Waals surface area contributed by atoms with Gasteiger partial charge in [-0.15, -0.1) is 12.4 Å². The first kappa shape index (κ1) is 15.9. The Morgan fingerprint density at radius 1 is 1.09 bits per heavy atom. The minimum atomic E-state index is 0. The fraction of sp³-hybridized carbons (Fsp3) is 0.118. The highest BCUT2D eigenvalue weighted by Crippen LogP contribution is 2.44. The first-order valence-electron chi connectivity index (χ1n) is 7.20. The largest absolute Gasteiger partial charge is 0.354 e. The van der Waals surface area contributed by atoms with Crippen LogP contribution in [0.3, 0.4) is 0 Å². The van der Waals surface area contributed by atoms with Crippen molar-refractivity contribution in [2.45, 2.75) is 16.3 Å². The van der Waals surface area contributed by atoms with E-state index in [1.165, 1.54) is 9.79 Å². The third-order valence-electron chi connectivity index (χ3n) is 3.64. The summed E-state index contributed by atoms with van der Waals surface area (Å²) < 4.78 is 0. The van der Waals surface area contributed by atoms with Crippen LogP contribution >= 0.6 is 24.2 Å². The van der Waals surface area contributed by atoms with E-state index in [1.807, 2.05) is 13.2 Å². The van der Waals surface area contributed by atoms with Gasteiger partial charge >= 0.3 is 0 Å².